The number of likely N-dealkylation sites (tertiary alicyclic amines) is 1. The lowest BCUT2D eigenvalue weighted by atomic mass is 9.89. The Hall–Kier alpha value is -2.73. The van der Waals surface area contributed by atoms with Crippen LogP contribution in [0.1, 0.15) is 34.8 Å². The van der Waals surface area contributed by atoms with E-state index in [9.17, 15) is 9.18 Å². The predicted octanol–water partition coefficient (Wildman–Crippen LogP) is 4.69. The second-order valence-corrected chi connectivity index (χ2v) is 7.15. The Morgan fingerprint density at radius 2 is 1.70 bits per heavy atom. The lowest BCUT2D eigenvalue weighted by molar-refractivity contribution is 0.0704. The molecule has 1 aromatic heterocycles. The standard InChI is InChI=1S/C21H20FN3OS/c22-17-6-8-18(9-7-17)25-19(14-23-21(25)27)20(26)24-12-10-16(11-13-24)15-4-2-1-3-5-15/h1-9,14,16H,10-13H2,(H,23,27). The first-order chi connectivity index (χ1) is 13.1. The predicted molar refractivity (Wildman–Crippen MR) is 105 cm³/mol. The van der Waals surface area contributed by atoms with Crippen molar-refractivity contribution in [3.05, 3.63) is 82.6 Å². The number of carbonyl (C=O) groups excluding carboxylic acids is 1. The van der Waals surface area contributed by atoms with Crippen molar-refractivity contribution in [2.45, 2.75) is 18.8 Å². The number of nitrogens with zero attached hydrogens (tertiary/aromatic N) is 2. The van der Waals surface area contributed by atoms with Gasteiger partial charge in [0.05, 0.1) is 0 Å². The molecule has 6 heteroatoms. The smallest absolute Gasteiger partial charge is 0.272 e. The van der Waals surface area contributed by atoms with Crippen molar-refractivity contribution in [2.75, 3.05) is 13.1 Å². The first-order valence-electron chi connectivity index (χ1n) is 9.04. The minimum absolute atomic E-state index is 0.0572. The van der Waals surface area contributed by atoms with Crippen molar-refractivity contribution in [3.63, 3.8) is 0 Å². The lowest BCUT2D eigenvalue weighted by Gasteiger charge is -2.32. The molecule has 0 aliphatic carbocycles. The number of imidazole rings is 1. The van der Waals surface area contributed by atoms with Gasteiger partial charge in [-0.3, -0.25) is 9.36 Å². The summed E-state index contributed by atoms with van der Waals surface area (Å²) in [5.41, 5.74) is 2.48. The van der Waals surface area contributed by atoms with Crippen LogP contribution in [0.3, 0.4) is 0 Å². The number of hydrogen-bond donors (Lipinski definition) is 1. The van der Waals surface area contributed by atoms with Gasteiger partial charge in [0, 0.05) is 25.0 Å². The number of nitrogens with one attached hydrogen (secondary N) is 1. The zero-order valence-electron chi connectivity index (χ0n) is 14.8. The van der Waals surface area contributed by atoms with Gasteiger partial charge in [-0.2, -0.15) is 0 Å². The van der Waals surface area contributed by atoms with E-state index in [0.29, 0.717) is 35.2 Å². The maximum atomic E-state index is 13.2. The second-order valence-electron chi connectivity index (χ2n) is 6.77. The minimum Gasteiger partial charge on any atom is -0.337 e. The number of aromatic nitrogens is 2. The van der Waals surface area contributed by atoms with E-state index < -0.39 is 0 Å². The molecule has 1 aliphatic heterocycles. The molecule has 0 unspecified atom stereocenters. The summed E-state index contributed by atoms with van der Waals surface area (Å²) in [6.45, 7) is 1.42. The summed E-state index contributed by atoms with van der Waals surface area (Å²) < 4.78 is 15.3. The van der Waals surface area contributed by atoms with Gasteiger partial charge < -0.3 is 9.88 Å². The Morgan fingerprint density at radius 3 is 2.37 bits per heavy atom. The molecule has 2 heterocycles. The van der Waals surface area contributed by atoms with Crippen molar-refractivity contribution in [1.29, 1.82) is 0 Å². The maximum Gasteiger partial charge on any atom is 0.272 e. The number of halogens is 1. The third-order valence-electron chi connectivity index (χ3n) is 5.13. The van der Waals surface area contributed by atoms with E-state index in [4.69, 9.17) is 12.2 Å². The number of H-pyrrole nitrogens is 1. The first-order valence-corrected chi connectivity index (χ1v) is 9.45. The average Bonchev–Trinajstić information content (AvgIpc) is 3.10. The Morgan fingerprint density at radius 1 is 1.04 bits per heavy atom. The van der Waals surface area contributed by atoms with E-state index in [1.165, 1.54) is 17.7 Å². The highest BCUT2D eigenvalue weighted by Crippen LogP contribution is 2.28. The highest BCUT2D eigenvalue weighted by Gasteiger charge is 2.26. The van der Waals surface area contributed by atoms with Gasteiger partial charge in [-0.05, 0) is 60.8 Å². The highest BCUT2D eigenvalue weighted by molar-refractivity contribution is 7.71. The molecule has 1 N–H and O–H groups in total. The normalized spacial score (nSPS) is 15.1. The fraction of sp³-hybridized carbons (Fsp3) is 0.238. The molecule has 0 spiro atoms. The van der Waals surface area contributed by atoms with Gasteiger partial charge in [0.2, 0.25) is 0 Å². The molecule has 1 aliphatic rings. The Kier molecular flexibility index (Phi) is 4.90. The summed E-state index contributed by atoms with van der Waals surface area (Å²) in [6.07, 6.45) is 3.52. The molecule has 4 rings (SSSR count). The molecule has 1 amide bonds. The number of amides is 1. The lowest BCUT2D eigenvalue weighted by Crippen LogP contribution is -2.38. The average molecular weight is 381 g/mol. The van der Waals surface area contributed by atoms with E-state index in [-0.39, 0.29) is 11.7 Å². The molecule has 1 fully saturated rings. The number of rotatable bonds is 3. The highest BCUT2D eigenvalue weighted by atomic mass is 32.1. The molecule has 0 saturated carbocycles. The van der Waals surface area contributed by atoms with Gasteiger partial charge in [-0.25, -0.2) is 4.39 Å². The van der Waals surface area contributed by atoms with Crippen LogP contribution in [0.25, 0.3) is 5.69 Å². The van der Waals surface area contributed by atoms with Crippen molar-refractivity contribution < 1.29 is 9.18 Å². The molecular formula is C21H20FN3OS. The van der Waals surface area contributed by atoms with Crippen LogP contribution in [0, 0.1) is 10.6 Å². The number of aromatic amines is 1. The van der Waals surface area contributed by atoms with Crippen LogP contribution in [-0.4, -0.2) is 33.4 Å². The molecule has 0 bridgehead atoms. The van der Waals surface area contributed by atoms with Crippen LogP contribution in [0.15, 0.2) is 60.8 Å². The summed E-state index contributed by atoms with van der Waals surface area (Å²) in [4.78, 5) is 17.9. The quantitative estimate of drug-likeness (QED) is 0.669. The molecule has 138 valence electrons. The number of carbonyl (C=O) groups is 1. The van der Waals surface area contributed by atoms with Crippen LogP contribution in [-0.2, 0) is 0 Å². The summed E-state index contributed by atoms with van der Waals surface area (Å²) in [5, 5.41) is 0. The van der Waals surface area contributed by atoms with Gasteiger partial charge in [-0.1, -0.05) is 30.3 Å². The molecule has 4 nitrogen and oxygen atoms in total. The molecule has 1 saturated heterocycles. The summed E-state index contributed by atoms with van der Waals surface area (Å²) >= 11 is 5.33. The zero-order valence-corrected chi connectivity index (χ0v) is 15.6. The zero-order chi connectivity index (χ0) is 18.8. The third-order valence-corrected chi connectivity index (χ3v) is 5.43. The van der Waals surface area contributed by atoms with Crippen molar-refractivity contribution in [3.8, 4) is 5.69 Å². The first kappa shape index (κ1) is 17.7. The van der Waals surface area contributed by atoms with Crippen LogP contribution in [0.5, 0.6) is 0 Å². The summed E-state index contributed by atoms with van der Waals surface area (Å²) in [7, 11) is 0. The van der Waals surface area contributed by atoms with Gasteiger partial charge >= 0.3 is 0 Å². The van der Waals surface area contributed by atoms with Crippen LogP contribution < -0.4 is 0 Å². The third kappa shape index (κ3) is 3.57. The van der Waals surface area contributed by atoms with E-state index in [0.717, 1.165) is 12.8 Å². The van der Waals surface area contributed by atoms with Crippen LogP contribution >= 0.6 is 12.2 Å². The molecule has 27 heavy (non-hydrogen) atoms. The molecule has 0 radical (unpaired) electrons. The topological polar surface area (TPSA) is 41.0 Å². The van der Waals surface area contributed by atoms with Gasteiger partial charge in [0.1, 0.15) is 11.5 Å². The van der Waals surface area contributed by atoms with E-state index in [2.05, 4.69) is 29.2 Å². The van der Waals surface area contributed by atoms with Gasteiger partial charge in [0.25, 0.3) is 5.91 Å². The second kappa shape index (κ2) is 7.48. The fourth-order valence-corrected chi connectivity index (χ4v) is 3.94. The largest absolute Gasteiger partial charge is 0.337 e. The van der Waals surface area contributed by atoms with Crippen molar-refractivity contribution in [1.82, 2.24) is 14.5 Å². The van der Waals surface area contributed by atoms with Gasteiger partial charge in [-0.15, -0.1) is 0 Å². The van der Waals surface area contributed by atoms with Crippen LogP contribution in [0.2, 0.25) is 0 Å². The SMILES string of the molecule is O=C(c1c[nH]c(=S)n1-c1ccc(F)cc1)N1CCC(c2ccccc2)CC1. The summed E-state index contributed by atoms with van der Waals surface area (Å²) in [5.74, 6) is 0.107. The molecule has 0 atom stereocenters. The van der Waals surface area contributed by atoms with E-state index in [1.807, 2.05) is 11.0 Å². The molecular weight excluding hydrogens is 361 g/mol. The number of piperidine rings is 1. The summed E-state index contributed by atoms with van der Waals surface area (Å²) in [6, 6.07) is 16.4. The maximum absolute atomic E-state index is 13.2. The van der Waals surface area contributed by atoms with Crippen molar-refractivity contribution >= 4 is 18.1 Å². The Balaban J connectivity index is 1.53. The Bertz CT molecular complexity index is 986. The van der Waals surface area contributed by atoms with Gasteiger partial charge in [0.15, 0.2) is 4.77 Å². The van der Waals surface area contributed by atoms with E-state index >= 15 is 0 Å². The fourth-order valence-electron chi connectivity index (χ4n) is 3.68. The minimum atomic E-state index is -0.323. The van der Waals surface area contributed by atoms with Crippen LogP contribution in [0.4, 0.5) is 4.39 Å². The monoisotopic (exact) mass is 381 g/mol. The molecule has 2 aromatic carbocycles. The van der Waals surface area contributed by atoms with E-state index in [1.54, 1.807) is 22.9 Å². The number of hydrogen-bond acceptors (Lipinski definition) is 2. The Labute approximate surface area is 162 Å². The van der Waals surface area contributed by atoms with Crippen molar-refractivity contribution in [2.24, 2.45) is 0 Å². The molecule has 3 aromatic rings. The number of benzene rings is 2.